The van der Waals surface area contributed by atoms with Gasteiger partial charge in [0.2, 0.25) is 11.8 Å². The molecule has 0 saturated carbocycles. The molecule has 1 N–H and O–H groups in total. The van der Waals surface area contributed by atoms with Crippen LogP contribution in [0.3, 0.4) is 0 Å². The van der Waals surface area contributed by atoms with Gasteiger partial charge in [-0.2, -0.15) is 0 Å². The minimum absolute atomic E-state index is 0.0288. The Bertz CT molecular complexity index is 765. The van der Waals surface area contributed by atoms with Crippen LogP contribution in [0.4, 0.5) is 0 Å². The lowest BCUT2D eigenvalue weighted by Gasteiger charge is -2.17. The Morgan fingerprint density at radius 3 is 2.41 bits per heavy atom. The van der Waals surface area contributed by atoms with Crippen LogP contribution < -0.4 is 14.8 Å². The number of nitrogens with zero attached hydrogens (tertiary/aromatic N) is 2. The highest BCUT2D eigenvalue weighted by Crippen LogP contribution is 2.27. The van der Waals surface area contributed by atoms with Crippen LogP contribution >= 0.6 is 0 Å². The Kier molecular flexibility index (Phi) is 7.61. The fraction of sp³-hybridized carbons (Fsp3) is 0.350. The van der Waals surface area contributed by atoms with Crippen LogP contribution in [0, 0.1) is 0 Å². The van der Waals surface area contributed by atoms with E-state index in [2.05, 4.69) is 10.3 Å². The van der Waals surface area contributed by atoms with Gasteiger partial charge in [-0.15, -0.1) is 0 Å². The molecule has 0 aliphatic carbocycles. The molecule has 0 aliphatic rings. The minimum atomic E-state index is -0.224. The zero-order valence-electron chi connectivity index (χ0n) is 15.9. The highest BCUT2D eigenvalue weighted by molar-refractivity contribution is 5.85. The van der Waals surface area contributed by atoms with Crippen LogP contribution in [0.15, 0.2) is 42.7 Å². The van der Waals surface area contributed by atoms with E-state index in [0.717, 1.165) is 17.5 Å². The topological polar surface area (TPSA) is 80.8 Å². The number of amides is 2. The number of nitrogens with one attached hydrogen (secondary N) is 1. The van der Waals surface area contributed by atoms with Gasteiger partial charge in [-0.05, 0) is 41.8 Å². The lowest BCUT2D eigenvalue weighted by molar-refractivity contribution is -0.131. The van der Waals surface area contributed by atoms with Gasteiger partial charge < -0.3 is 19.7 Å². The summed E-state index contributed by atoms with van der Waals surface area (Å²) in [4.78, 5) is 29.9. The smallest absolute Gasteiger partial charge is 0.241 e. The molecule has 0 atom stereocenters. The monoisotopic (exact) mass is 371 g/mol. The van der Waals surface area contributed by atoms with Gasteiger partial charge >= 0.3 is 0 Å². The van der Waals surface area contributed by atoms with E-state index in [1.807, 2.05) is 12.1 Å². The summed E-state index contributed by atoms with van der Waals surface area (Å²) in [7, 11) is 4.83. The van der Waals surface area contributed by atoms with Gasteiger partial charge in [0.1, 0.15) is 0 Å². The summed E-state index contributed by atoms with van der Waals surface area (Å²) >= 11 is 0. The van der Waals surface area contributed by atoms with Crippen molar-refractivity contribution in [3.63, 3.8) is 0 Å². The van der Waals surface area contributed by atoms with Crippen molar-refractivity contribution in [3.05, 3.63) is 53.9 Å². The number of pyridine rings is 1. The van der Waals surface area contributed by atoms with Crippen molar-refractivity contribution in [1.82, 2.24) is 15.2 Å². The van der Waals surface area contributed by atoms with Crippen LogP contribution in [0.1, 0.15) is 11.1 Å². The van der Waals surface area contributed by atoms with Gasteiger partial charge in [-0.3, -0.25) is 14.6 Å². The molecule has 7 nitrogen and oxygen atoms in total. The lowest BCUT2D eigenvalue weighted by Crippen LogP contribution is -2.39. The number of carbonyl (C=O) groups excluding carboxylic acids is 2. The van der Waals surface area contributed by atoms with E-state index < -0.39 is 0 Å². The van der Waals surface area contributed by atoms with Gasteiger partial charge in [0, 0.05) is 26.0 Å². The van der Waals surface area contributed by atoms with Gasteiger partial charge in [-0.1, -0.05) is 6.07 Å². The maximum absolute atomic E-state index is 12.2. The van der Waals surface area contributed by atoms with E-state index >= 15 is 0 Å². The first-order valence-corrected chi connectivity index (χ1v) is 8.64. The molecule has 0 saturated heterocycles. The van der Waals surface area contributed by atoms with E-state index in [1.165, 1.54) is 0 Å². The van der Waals surface area contributed by atoms with E-state index in [4.69, 9.17) is 9.47 Å². The number of carbonyl (C=O) groups is 2. The van der Waals surface area contributed by atoms with Gasteiger partial charge in [0.15, 0.2) is 11.5 Å². The van der Waals surface area contributed by atoms with Crippen molar-refractivity contribution in [1.29, 1.82) is 0 Å². The SMILES string of the molecule is COc1ccc(CC(=O)NCC(=O)N(C)CCc2ccncc2)cc1OC. The number of methoxy groups -OCH3 is 2. The largest absolute Gasteiger partial charge is 0.493 e. The van der Waals surface area contributed by atoms with Crippen LogP contribution in [-0.2, 0) is 22.4 Å². The van der Waals surface area contributed by atoms with E-state index in [0.29, 0.717) is 18.0 Å². The summed E-state index contributed by atoms with van der Waals surface area (Å²) in [6.45, 7) is 0.549. The number of aromatic nitrogens is 1. The maximum atomic E-state index is 12.2. The molecule has 0 aliphatic heterocycles. The standard InChI is InChI=1S/C20H25N3O4/c1-23(11-8-15-6-9-21-10-7-15)20(25)14-22-19(24)13-16-4-5-17(26-2)18(12-16)27-3/h4-7,9-10,12H,8,11,13-14H2,1-3H3,(H,22,24). The Balaban J connectivity index is 1.78. The summed E-state index contributed by atoms with van der Waals surface area (Å²) in [6, 6.07) is 9.14. The second kappa shape index (κ2) is 10.2. The second-order valence-corrected chi connectivity index (χ2v) is 6.06. The molecule has 2 aromatic rings. The van der Waals surface area contributed by atoms with Crippen molar-refractivity contribution in [2.75, 3.05) is 34.4 Å². The highest BCUT2D eigenvalue weighted by Gasteiger charge is 2.12. The molecule has 27 heavy (non-hydrogen) atoms. The highest BCUT2D eigenvalue weighted by atomic mass is 16.5. The average Bonchev–Trinajstić information content (AvgIpc) is 2.70. The number of rotatable bonds is 9. The summed E-state index contributed by atoms with van der Waals surface area (Å²) in [5.74, 6) is 0.810. The molecule has 1 heterocycles. The van der Waals surface area contributed by atoms with Crippen molar-refractivity contribution in [2.45, 2.75) is 12.8 Å². The molecule has 1 aromatic heterocycles. The Morgan fingerprint density at radius 1 is 1.04 bits per heavy atom. The quantitative estimate of drug-likeness (QED) is 0.722. The number of benzene rings is 1. The van der Waals surface area contributed by atoms with Crippen LogP contribution in [0.2, 0.25) is 0 Å². The van der Waals surface area contributed by atoms with Gasteiger partial charge in [0.05, 0.1) is 27.2 Å². The Hall–Kier alpha value is -3.09. The summed E-state index contributed by atoms with van der Waals surface area (Å²) in [5.41, 5.74) is 1.89. The zero-order valence-corrected chi connectivity index (χ0v) is 15.9. The molecule has 1 aromatic carbocycles. The number of ether oxygens (including phenoxy) is 2. The van der Waals surface area contributed by atoms with E-state index in [9.17, 15) is 9.59 Å². The second-order valence-electron chi connectivity index (χ2n) is 6.06. The van der Waals surface area contributed by atoms with Crippen LogP contribution in [0.25, 0.3) is 0 Å². The van der Waals surface area contributed by atoms with Crippen molar-refractivity contribution in [2.24, 2.45) is 0 Å². The molecule has 144 valence electrons. The van der Waals surface area contributed by atoms with Crippen LogP contribution in [0.5, 0.6) is 11.5 Å². The van der Waals surface area contributed by atoms with Gasteiger partial charge in [-0.25, -0.2) is 0 Å². The predicted molar refractivity (Wildman–Crippen MR) is 102 cm³/mol. The number of hydrogen-bond donors (Lipinski definition) is 1. The molecule has 7 heteroatoms. The first-order chi connectivity index (χ1) is 13.0. The van der Waals surface area contributed by atoms with Crippen LogP contribution in [-0.4, -0.2) is 56.1 Å². The predicted octanol–water partition coefficient (Wildman–Crippen LogP) is 1.46. The fourth-order valence-electron chi connectivity index (χ4n) is 2.52. The third-order valence-electron chi connectivity index (χ3n) is 4.16. The van der Waals surface area contributed by atoms with E-state index in [1.54, 1.807) is 56.8 Å². The fourth-order valence-corrected chi connectivity index (χ4v) is 2.52. The molecule has 0 unspecified atom stereocenters. The molecule has 0 bridgehead atoms. The van der Waals surface area contributed by atoms with Crippen molar-refractivity contribution in [3.8, 4) is 11.5 Å². The molecular formula is C20H25N3O4. The Morgan fingerprint density at radius 2 is 1.74 bits per heavy atom. The molecule has 0 fully saturated rings. The number of likely N-dealkylation sites (N-methyl/N-ethyl adjacent to an activating group) is 1. The number of hydrogen-bond acceptors (Lipinski definition) is 5. The van der Waals surface area contributed by atoms with Crippen molar-refractivity contribution < 1.29 is 19.1 Å². The molecular weight excluding hydrogens is 346 g/mol. The maximum Gasteiger partial charge on any atom is 0.241 e. The summed E-state index contributed by atoms with van der Waals surface area (Å²) in [5, 5.41) is 2.66. The summed E-state index contributed by atoms with van der Waals surface area (Å²) in [6.07, 6.45) is 4.36. The first-order valence-electron chi connectivity index (χ1n) is 8.64. The average molecular weight is 371 g/mol. The zero-order chi connectivity index (χ0) is 19.6. The molecule has 0 radical (unpaired) electrons. The Labute approximate surface area is 159 Å². The van der Waals surface area contributed by atoms with E-state index in [-0.39, 0.29) is 24.8 Å². The first kappa shape index (κ1) is 20.2. The molecule has 0 spiro atoms. The minimum Gasteiger partial charge on any atom is -0.493 e. The summed E-state index contributed by atoms with van der Waals surface area (Å²) < 4.78 is 10.4. The van der Waals surface area contributed by atoms with Crippen molar-refractivity contribution >= 4 is 11.8 Å². The lowest BCUT2D eigenvalue weighted by atomic mass is 10.1. The molecule has 2 amide bonds. The molecule has 2 rings (SSSR count). The third-order valence-corrected chi connectivity index (χ3v) is 4.16. The van der Waals surface area contributed by atoms with Gasteiger partial charge in [0.25, 0.3) is 0 Å². The third kappa shape index (κ3) is 6.29. The normalized spacial score (nSPS) is 10.2.